The molecule has 156 valence electrons. The first kappa shape index (κ1) is 21.8. The van der Waals surface area contributed by atoms with E-state index < -0.39 is 10.0 Å². The summed E-state index contributed by atoms with van der Waals surface area (Å²) >= 11 is 1.49. The molecule has 0 spiro atoms. The van der Waals surface area contributed by atoms with Crippen LogP contribution in [-0.4, -0.2) is 29.5 Å². The standard InChI is InChI=1S/C21H22N4O3S2/c1-14-5-6-15(2)19(13-14)29-16(3)20(26)24-17-7-9-18(10-8-17)30(27,28)25-21-22-11-4-12-23-21/h4-13,16H,1-3H3,(H,24,26)(H,22,23,25). The lowest BCUT2D eigenvalue weighted by Crippen LogP contribution is -2.22. The number of benzene rings is 2. The van der Waals surface area contributed by atoms with Crippen molar-refractivity contribution >= 4 is 39.3 Å². The van der Waals surface area contributed by atoms with Gasteiger partial charge in [-0.25, -0.2) is 23.1 Å². The Labute approximate surface area is 180 Å². The van der Waals surface area contributed by atoms with Crippen LogP contribution in [-0.2, 0) is 14.8 Å². The Balaban J connectivity index is 1.64. The van der Waals surface area contributed by atoms with Crippen LogP contribution in [0.4, 0.5) is 11.6 Å². The molecule has 0 saturated heterocycles. The van der Waals surface area contributed by atoms with E-state index in [0.717, 1.165) is 16.0 Å². The molecular formula is C21H22N4O3S2. The second kappa shape index (κ2) is 9.27. The van der Waals surface area contributed by atoms with Crippen molar-refractivity contribution in [2.45, 2.75) is 35.8 Å². The molecule has 1 amide bonds. The van der Waals surface area contributed by atoms with Gasteiger partial charge in [-0.15, -0.1) is 11.8 Å². The molecule has 7 nitrogen and oxygen atoms in total. The quantitative estimate of drug-likeness (QED) is 0.536. The second-order valence-electron chi connectivity index (χ2n) is 6.72. The van der Waals surface area contributed by atoms with E-state index in [0.29, 0.717) is 5.69 Å². The van der Waals surface area contributed by atoms with Crippen LogP contribution in [0.1, 0.15) is 18.1 Å². The van der Waals surface area contributed by atoms with Gasteiger partial charge in [-0.05, 0) is 62.7 Å². The number of hydrogen-bond donors (Lipinski definition) is 2. The molecular weight excluding hydrogens is 420 g/mol. The first-order valence-electron chi connectivity index (χ1n) is 9.19. The number of amides is 1. The van der Waals surface area contributed by atoms with Crippen LogP contribution in [0.15, 0.2) is 70.7 Å². The summed E-state index contributed by atoms with van der Waals surface area (Å²) in [4.78, 5) is 21.4. The Bertz CT molecular complexity index is 1130. The first-order valence-corrected chi connectivity index (χ1v) is 11.6. The van der Waals surface area contributed by atoms with Crippen molar-refractivity contribution in [1.82, 2.24) is 9.97 Å². The zero-order valence-corrected chi connectivity index (χ0v) is 18.4. The normalized spacial score (nSPS) is 12.2. The molecule has 30 heavy (non-hydrogen) atoms. The number of nitrogens with one attached hydrogen (secondary N) is 2. The van der Waals surface area contributed by atoms with Gasteiger partial charge in [-0.2, -0.15) is 0 Å². The summed E-state index contributed by atoms with van der Waals surface area (Å²) < 4.78 is 27.2. The largest absolute Gasteiger partial charge is 0.325 e. The highest BCUT2D eigenvalue weighted by atomic mass is 32.2. The number of carbonyl (C=O) groups excluding carboxylic acids is 1. The molecule has 1 atom stereocenters. The van der Waals surface area contributed by atoms with Crippen molar-refractivity contribution in [3.8, 4) is 0 Å². The molecule has 0 aliphatic carbocycles. The van der Waals surface area contributed by atoms with Gasteiger partial charge in [-0.3, -0.25) is 4.79 Å². The number of carbonyl (C=O) groups is 1. The fourth-order valence-corrected chi connectivity index (χ4v) is 4.58. The van der Waals surface area contributed by atoms with E-state index in [9.17, 15) is 13.2 Å². The SMILES string of the molecule is Cc1ccc(C)c(SC(C)C(=O)Nc2ccc(S(=O)(=O)Nc3ncccn3)cc2)c1. The van der Waals surface area contributed by atoms with Gasteiger partial charge in [0.1, 0.15) is 0 Å². The molecule has 2 N–H and O–H groups in total. The number of thioether (sulfide) groups is 1. The van der Waals surface area contributed by atoms with Crippen LogP contribution < -0.4 is 10.0 Å². The Morgan fingerprint density at radius 3 is 2.37 bits per heavy atom. The van der Waals surface area contributed by atoms with Gasteiger partial charge in [0, 0.05) is 23.0 Å². The van der Waals surface area contributed by atoms with E-state index >= 15 is 0 Å². The topological polar surface area (TPSA) is 101 Å². The predicted octanol–water partition coefficient (Wildman–Crippen LogP) is 4.01. The third kappa shape index (κ3) is 5.58. The summed E-state index contributed by atoms with van der Waals surface area (Å²) in [6, 6.07) is 13.7. The average molecular weight is 443 g/mol. The number of hydrogen-bond acceptors (Lipinski definition) is 6. The highest BCUT2D eigenvalue weighted by Gasteiger charge is 2.18. The highest BCUT2D eigenvalue weighted by molar-refractivity contribution is 8.00. The zero-order chi connectivity index (χ0) is 21.7. The lowest BCUT2D eigenvalue weighted by Gasteiger charge is -2.14. The van der Waals surface area contributed by atoms with E-state index in [4.69, 9.17) is 0 Å². The summed E-state index contributed by atoms with van der Waals surface area (Å²) in [6.45, 7) is 5.87. The Morgan fingerprint density at radius 2 is 1.70 bits per heavy atom. The monoisotopic (exact) mass is 442 g/mol. The van der Waals surface area contributed by atoms with Crippen LogP contribution >= 0.6 is 11.8 Å². The van der Waals surface area contributed by atoms with Gasteiger partial charge in [0.15, 0.2) is 0 Å². The summed E-state index contributed by atoms with van der Waals surface area (Å²) in [5.74, 6) is -0.167. The van der Waals surface area contributed by atoms with Gasteiger partial charge in [0.25, 0.3) is 10.0 Å². The summed E-state index contributed by atoms with van der Waals surface area (Å²) in [6.07, 6.45) is 2.89. The molecule has 1 unspecified atom stereocenters. The van der Waals surface area contributed by atoms with Crippen molar-refractivity contribution < 1.29 is 13.2 Å². The fourth-order valence-electron chi connectivity index (χ4n) is 2.57. The molecule has 0 aliphatic rings. The van der Waals surface area contributed by atoms with E-state index in [-0.39, 0.29) is 22.0 Å². The Kier molecular flexibility index (Phi) is 6.73. The van der Waals surface area contributed by atoms with Crippen LogP contribution in [0.3, 0.4) is 0 Å². The molecule has 2 aromatic carbocycles. The van der Waals surface area contributed by atoms with Gasteiger partial charge in [-0.1, -0.05) is 17.7 Å². The molecule has 3 rings (SSSR count). The number of nitrogens with zero attached hydrogens (tertiary/aromatic N) is 2. The van der Waals surface area contributed by atoms with Gasteiger partial charge >= 0.3 is 0 Å². The fraction of sp³-hybridized carbons (Fsp3) is 0.190. The van der Waals surface area contributed by atoms with Crippen LogP contribution in [0, 0.1) is 13.8 Å². The van der Waals surface area contributed by atoms with Crippen LogP contribution in [0.25, 0.3) is 0 Å². The van der Waals surface area contributed by atoms with E-state index in [2.05, 4.69) is 26.1 Å². The molecule has 1 heterocycles. The smallest absolute Gasteiger partial charge is 0.264 e. The first-order chi connectivity index (χ1) is 14.2. The number of rotatable bonds is 7. The lowest BCUT2D eigenvalue weighted by molar-refractivity contribution is -0.115. The van der Waals surface area contributed by atoms with E-state index in [1.54, 1.807) is 18.2 Å². The van der Waals surface area contributed by atoms with E-state index in [1.807, 2.05) is 32.9 Å². The number of sulfonamides is 1. The van der Waals surface area contributed by atoms with Crippen LogP contribution in [0.5, 0.6) is 0 Å². The molecule has 0 fully saturated rings. The third-order valence-electron chi connectivity index (χ3n) is 4.24. The van der Waals surface area contributed by atoms with Gasteiger partial charge < -0.3 is 5.32 Å². The van der Waals surface area contributed by atoms with Crippen molar-refractivity contribution in [2.75, 3.05) is 10.0 Å². The summed E-state index contributed by atoms with van der Waals surface area (Å²) in [5, 5.41) is 2.51. The number of aromatic nitrogens is 2. The maximum Gasteiger partial charge on any atom is 0.264 e. The second-order valence-corrected chi connectivity index (χ2v) is 9.79. The Morgan fingerprint density at radius 1 is 1.03 bits per heavy atom. The third-order valence-corrected chi connectivity index (χ3v) is 6.85. The maximum absolute atomic E-state index is 12.6. The Hall–Kier alpha value is -2.91. The van der Waals surface area contributed by atoms with Crippen molar-refractivity contribution in [3.63, 3.8) is 0 Å². The van der Waals surface area contributed by atoms with Crippen LogP contribution in [0.2, 0.25) is 0 Å². The molecule has 9 heteroatoms. The van der Waals surface area contributed by atoms with E-state index in [1.165, 1.54) is 36.3 Å². The highest BCUT2D eigenvalue weighted by Crippen LogP contribution is 2.28. The minimum atomic E-state index is -3.82. The molecule has 1 aromatic heterocycles. The predicted molar refractivity (Wildman–Crippen MR) is 119 cm³/mol. The molecule has 0 radical (unpaired) electrons. The van der Waals surface area contributed by atoms with Gasteiger partial charge in [0.2, 0.25) is 11.9 Å². The molecule has 3 aromatic rings. The zero-order valence-electron chi connectivity index (χ0n) is 16.8. The number of aryl methyl sites for hydroxylation is 2. The van der Waals surface area contributed by atoms with Crippen molar-refractivity contribution in [2.24, 2.45) is 0 Å². The molecule has 0 saturated carbocycles. The molecule has 0 bridgehead atoms. The average Bonchev–Trinajstić information content (AvgIpc) is 2.71. The minimum absolute atomic E-state index is 0.00725. The van der Waals surface area contributed by atoms with Crippen molar-refractivity contribution in [1.29, 1.82) is 0 Å². The number of anilines is 2. The lowest BCUT2D eigenvalue weighted by atomic mass is 10.2. The maximum atomic E-state index is 12.6. The van der Waals surface area contributed by atoms with Gasteiger partial charge in [0.05, 0.1) is 10.1 Å². The van der Waals surface area contributed by atoms with Crippen molar-refractivity contribution in [3.05, 3.63) is 72.1 Å². The summed E-state index contributed by atoms with van der Waals surface area (Å²) in [5.41, 5.74) is 2.78. The molecule has 0 aliphatic heterocycles. The minimum Gasteiger partial charge on any atom is -0.325 e. The summed E-state index contributed by atoms with van der Waals surface area (Å²) in [7, 11) is -3.82.